The Hall–Kier alpha value is -1.17. The molecule has 1 aromatic heterocycles. The lowest BCUT2D eigenvalue weighted by Crippen LogP contribution is -2.72. The van der Waals surface area contributed by atoms with Crippen molar-refractivity contribution in [3.63, 3.8) is 0 Å². The van der Waals surface area contributed by atoms with Crippen molar-refractivity contribution in [2.75, 3.05) is 47.0 Å². The van der Waals surface area contributed by atoms with Crippen LogP contribution in [0.5, 0.6) is 5.88 Å². The van der Waals surface area contributed by atoms with Gasteiger partial charge in [0.2, 0.25) is 5.88 Å². The van der Waals surface area contributed by atoms with Crippen molar-refractivity contribution in [2.24, 2.45) is 11.8 Å². The molecule has 0 aromatic carbocycles. The standard InChI is InChI=1S/C20H31N3O2/c1-24-13-17-7-9-23(11-16-5-6-16)20(10-17)14-22(15-20)12-18-4-3-8-21-19(18)25-2/h3-4,8,16-17H,5-7,9-15H2,1-2H3/t17-/m1/s1. The fourth-order valence-corrected chi connectivity index (χ4v) is 4.82. The van der Waals surface area contributed by atoms with Crippen LogP contribution >= 0.6 is 0 Å². The zero-order chi connectivity index (χ0) is 17.3. The topological polar surface area (TPSA) is 37.8 Å². The van der Waals surface area contributed by atoms with E-state index in [1.807, 2.05) is 13.2 Å². The van der Waals surface area contributed by atoms with Crippen molar-refractivity contribution in [1.29, 1.82) is 0 Å². The summed E-state index contributed by atoms with van der Waals surface area (Å²) in [7, 11) is 3.54. The van der Waals surface area contributed by atoms with Crippen molar-refractivity contribution in [3.05, 3.63) is 23.9 Å². The van der Waals surface area contributed by atoms with Crippen LogP contribution in [0.15, 0.2) is 18.3 Å². The van der Waals surface area contributed by atoms with Gasteiger partial charge in [-0.3, -0.25) is 9.80 Å². The molecule has 1 aromatic rings. The van der Waals surface area contributed by atoms with Gasteiger partial charge in [-0.1, -0.05) is 6.07 Å². The molecule has 2 aliphatic heterocycles. The maximum atomic E-state index is 5.47. The molecule has 5 heteroatoms. The van der Waals surface area contributed by atoms with Gasteiger partial charge in [0.15, 0.2) is 0 Å². The normalized spacial score (nSPS) is 26.6. The van der Waals surface area contributed by atoms with E-state index in [2.05, 4.69) is 20.9 Å². The quantitative estimate of drug-likeness (QED) is 0.759. The number of ether oxygens (including phenoxy) is 2. The van der Waals surface area contributed by atoms with Crippen LogP contribution < -0.4 is 4.74 Å². The Labute approximate surface area is 151 Å². The van der Waals surface area contributed by atoms with E-state index in [4.69, 9.17) is 9.47 Å². The Morgan fingerprint density at radius 2 is 2.04 bits per heavy atom. The summed E-state index contributed by atoms with van der Waals surface area (Å²) in [4.78, 5) is 9.70. The van der Waals surface area contributed by atoms with E-state index in [1.54, 1.807) is 13.3 Å². The zero-order valence-electron chi connectivity index (χ0n) is 15.6. The minimum absolute atomic E-state index is 0.374. The van der Waals surface area contributed by atoms with Crippen LogP contribution in [0.3, 0.4) is 0 Å². The molecule has 1 saturated carbocycles. The molecule has 0 N–H and O–H groups in total. The van der Waals surface area contributed by atoms with Gasteiger partial charge < -0.3 is 9.47 Å². The summed E-state index contributed by atoms with van der Waals surface area (Å²) in [6.45, 7) is 6.73. The van der Waals surface area contributed by atoms with Gasteiger partial charge in [0.1, 0.15) is 0 Å². The average Bonchev–Trinajstić information content (AvgIpc) is 3.40. The molecule has 0 unspecified atom stereocenters. The van der Waals surface area contributed by atoms with E-state index in [9.17, 15) is 0 Å². The van der Waals surface area contributed by atoms with Crippen molar-refractivity contribution in [3.8, 4) is 5.88 Å². The van der Waals surface area contributed by atoms with E-state index in [0.29, 0.717) is 5.54 Å². The molecule has 2 saturated heterocycles. The molecule has 138 valence electrons. The number of hydrogen-bond donors (Lipinski definition) is 0. The van der Waals surface area contributed by atoms with E-state index >= 15 is 0 Å². The molecular weight excluding hydrogens is 314 g/mol. The fraction of sp³-hybridized carbons (Fsp3) is 0.750. The number of likely N-dealkylation sites (tertiary alicyclic amines) is 2. The summed E-state index contributed by atoms with van der Waals surface area (Å²) in [6.07, 6.45) is 7.25. The monoisotopic (exact) mass is 345 g/mol. The first kappa shape index (κ1) is 17.3. The minimum atomic E-state index is 0.374. The number of rotatable bonds is 7. The first-order valence-corrected chi connectivity index (χ1v) is 9.66. The van der Waals surface area contributed by atoms with Crippen LogP contribution in [0.1, 0.15) is 31.2 Å². The predicted octanol–water partition coefficient (Wildman–Crippen LogP) is 2.41. The van der Waals surface area contributed by atoms with E-state index < -0.39 is 0 Å². The summed E-state index contributed by atoms with van der Waals surface area (Å²) in [5.41, 5.74) is 1.57. The van der Waals surface area contributed by atoms with Crippen molar-refractivity contribution in [1.82, 2.24) is 14.8 Å². The molecule has 1 aliphatic carbocycles. The second kappa shape index (κ2) is 7.22. The summed E-state index contributed by atoms with van der Waals surface area (Å²) in [5, 5.41) is 0. The van der Waals surface area contributed by atoms with Gasteiger partial charge in [0, 0.05) is 57.2 Å². The van der Waals surface area contributed by atoms with Crippen LogP contribution in [-0.2, 0) is 11.3 Å². The lowest BCUT2D eigenvalue weighted by molar-refractivity contribution is -0.104. The predicted molar refractivity (Wildman–Crippen MR) is 97.7 cm³/mol. The molecule has 1 spiro atoms. The molecule has 3 fully saturated rings. The summed E-state index contributed by atoms with van der Waals surface area (Å²) in [6, 6.07) is 4.13. The Morgan fingerprint density at radius 1 is 1.20 bits per heavy atom. The third kappa shape index (κ3) is 3.69. The molecular formula is C20H31N3O2. The van der Waals surface area contributed by atoms with Gasteiger partial charge in [-0.05, 0) is 50.1 Å². The number of methoxy groups -OCH3 is 2. The Balaban J connectivity index is 1.41. The highest BCUT2D eigenvalue weighted by atomic mass is 16.5. The maximum Gasteiger partial charge on any atom is 0.217 e. The third-order valence-electron chi connectivity index (χ3n) is 6.20. The maximum absolute atomic E-state index is 5.47. The molecule has 0 bridgehead atoms. The highest BCUT2D eigenvalue weighted by Gasteiger charge is 2.51. The number of pyridine rings is 1. The summed E-state index contributed by atoms with van der Waals surface area (Å²) >= 11 is 0. The van der Waals surface area contributed by atoms with Crippen LogP contribution in [0, 0.1) is 11.8 Å². The van der Waals surface area contributed by atoms with Crippen molar-refractivity contribution in [2.45, 2.75) is 37.8 Å². The van der Waals surface area contributed by atoms with Gasteiger partial charge in [0.25, 0.3) is 0 Å². The first-order chi connectivity index (χ1) is 12.2. The number of piperidine rings is 1. The smallest absolute Gasteiger partial charge is 0.217 e. The highest BCUT2D eigenvalue weighted by molar-refractivity contribution is 5.26. The molecule has 25 heavy (non-hydrogen) atoms. The zero-order valence-corrected chi connectivity index (χ0v) is 15.6. The van der Waals surface area contributed by atoms with Gasteiger partial charge in [-0.25, -0.2) is 4.98 Å². The lowest BCUT2D eigenvalue weighted by atomic mass is 9.74. The molecule has 0 radical (unpaired) electrons. The fourth-order valence-electron chi connectivity index (χ4n) is 4.82. The Bertz CT molecular complexity index is 584. The molecule has 3 heterocycles. The van der Waals surface area contributed by atoms with Crippen molar-refractivity contribution >= 4 is 0 Å². The average molecular weight is 345 g/mol. The second-order valence-electron chi connectivity index (χ2n) is 8.24. The molecule has 0 amide bonds. The largest absolute Gasteiger partial charge is 0.481 e. The Morgan fingerprint density at radius 3 is 2.76 bits per heavy atom. The van der Waals surface area contributed by atoms with Gasteiger partial charge in [-0.2, -0.15) is 0 Å². The second-order valence-corrected chi connectivity index (χ2v) is 8.24. The number of nitrogens with zero attached hydrogens (tertiary/aromatic N) is 3. The van der Waals surface area contributed by atoms with Crippen LogP contribution in [0.2, 0.25) is 0 Å². The number of hydrogen-bond acceptors (Lipinski definition) is 5. The van der Waals surface area contributed by atoms with E-state index in [0.717, 1.165) is 44.0 Å². The van der Waals surface area contributed by atoms with E-state index in [1.165, 1.54) is 44.3 Å². The van der Waals surface area contributed by atoms with Crippen LogP contribution in [0.25, 0.3) is 0 Å². The lowest BCUT2D eigenvalue weighted by Gasteiger charge is -2.60. The van der Waals surface area contributed by atoms with Gasteiger partial charge >= 0.3 is 0 Å². The molecule has 5 nitrogen and oxygen atoms in total. The van der Waals surface area contributed by atoms with E-state index in [-0.39, 0.29) is 0 Å². The molecule has 4 rings (SSSR count). The third-order valence-corrected chi connectivity index (χ3v) is 6.20. The van der Waals surface area contributed by atoms with Crippen LogP contribution in [0.4, 0.5) is 0 Å². The SMILES string of the molecule is COC[C@@H]1CCN(CC2CC2)C2(C1)CN(Cc1cccnc1OC)C2. The molecule has 1 atom stereocenters. The first-order valence-electron chi connectivity index (χ1n) is 9.66. The molecule has 3 aliphatic rings. The highest BCUT2D eigenvalue weighted by Crippen LogP contribution is 2.42. The summed E-state index contributed by atoms with van der Waals surface area (Å²) < 4.78 is 10.9. The van der Waals surface area contributed by atoms with Gasteiger partial charge in [-0.15, -0.1) is 0 Å². The minimum Gasteiger partial charge on any atom is -0.481 e. The van der Waals surface area contributed by atoms with Crippen LogP contribution in [-0.4, -0.2) is 67.3 Å². The van der Waals surface area contributed by atoms with Gasteiger partial charge in [0.05, 0.1) is 7.11 Å². The number of aromatic nitrogens is 1. The Kier molecular flexibility index (Phi) is 4.98. The van der Waals surface area contributed by atoms with Crippen molar-refractivity contribution < 1.29 is 9.47 Å². The summed E-state index contributed by atoms with van der Waals surface area (Å²) in [5.74, 6) is 2.44.